The van der Waals surface area contributed by atoms with Crippen molar-refractivity contribution in [1.82, 2.24) is 10.3 Å². The van der Waals surface area contributed by atoms with Crippen molar-refractivity contribution in [3.8, 4) is 0 Å². The monoisotopic (exact) mass is 313 g/mol. The number of pyridine rings is 1. The van der Waals surface area contributed by atoms with Gasteiger partial charge in [-0.1, -0.05) is 13.8 Å². The highest BCUT2D eigenvalue weighted by atomic mass is 79.9. The van der Waals surface area contributed by atoms with Gasteiger partial charge in [0, 0.05) is 31.5 Å². The van der Waals surface area contributed by atoms with Gasteiger partial charge >= 0.3 is 0 Å². The lowest BCUT2D eigenvalue weighted by molar-refractivity contribution is 0.0931. The topological polar surface area (TPSA) is 37.4 Å². The molecule has 0 bridgehead atoms. The zero-order valence-corrected chi connectivity index (χ0v) is 12.5. The van der Waals surface area contributed by atoms with Gasteiger partial charge in [0.1, 0.15) is 0 Å². The maximum atomic E-state index is 5.59. The highest BCUT2D eigenvalue weighted by Gasteiger charge is 2.24. The van der Waals surface area contributed by atoms with E-state index in [4.69, 9.17) is 4.74 Å². The Morgan fingerprint density at radius 1 is 1.61 bits per heavy atom. The summed E-state index contributed by atoms with van der Waals surface area (Å²) in [5.74, 6) is 0. The van der Waals surface area contributed by atoms with E-state index in [1.54, 1.807) is 0 Å². The minimum atomic E-state index is 0.375. The van der Waals surface area contributed by atoms with E-state index in [1.165, 1.54) is 5.69 Å². The number of ether oxygens (including phenoxy) is 1. The smallest absolute Gasteiger partial charge is 0.0683 e. The first-order chi connectivity index (χ1) is 8.68. The summed E-state index contributed by atoms with van der Waals surface area (Å²) in [7, 11) is 0. The summed E-state index contributed by atoms with van der Waals surface area (Å²) in [5, 5.41) is 3.48. The average molecular weight is 314 g/mol. The van der Waals surface area contributed by atoms with Crippen molar-refractivity contribution in [2.24, 2.45) is 0 Å². The van der Waals surface area contributed by atoms with Gasteiger partial charge in [0.15, 0.2) is 0 Å². The van der Waals surface area contributed by atoms with E-state index in [2.05, 4.69) is 51.0 Å². The molecule has 100 valence electrons. The van der Waals surface area contributed by atoms with E-state index in [-0.39, 0.29) is 0 Å². The van der Waals surface area contributed by atoms with Crippen LogP contribution in [0.1, 0.15) is 13.8 Å². The molecule has 0 amide bonds. The summed E-state index contributed by atoms with van der Waals surface area (Å²) >= 11 is 3.57. The maximum absolute atomic E-state index is 5.59. The number of aromatic nitrogens is 1. The summed E-state index contributed by atoms with van der Waals surface area (Å²) < 4.78 is 6.64. The molecule has 1 atom stereocenters. The van der Waals surface area contributed by atoms with Crippen molar-refractivity contribution in [2.75, 3.05) is 31.2 Å². The molecule has 0 saturated carbocycles. The second-order valence-corrected chi connectivity index (χ2v) is 5.67. The van der Waals surface area contributed by atoms with Crippen LogP contribution in [-0.2, 0) is 4.74 Å². The molecule has 0 aliphatic carbocycles. The molecule has 0 spiro atoms. The Labute approximate surface area is 117 Å². The second kappa shape index (κ2) is 6.50. The summed E-state index contributed by atoms with van der Waals surface area (Å²) in [6.07, 6.45) is 3.68. The highest BCUT2D eigenvalue weighted by Crippen LogP contribution is 2.27. The van der Waals surface area contributed by atoms with Crippen molar-refractivity contribution in [1.29, 1.82) is 0 Å². The van der Waals surface area contributed by atoms with Gasteiger partial charge in [-0.05, 0) is 22.0 Å². The molecule has 4 nitrogen and oxygen atoms in total. The van der Waals surface area contributed by atoms with Gasteiger partial charge in [-0.15, -0.1) is 0 Å². The molecule has 0 aromatic carbocycles. The van der Waals surface area contributed by atoms with Gasteiger partial charge in [0.25, 0.3) is 0 Å². The molecule has 1 unspecified atom stereocenters. The van der Waals surface area contributed by atoms with E-state index in [0.29, 0.717) is 12.1 Å². The SMILES string of the molecule is CC(C)NCC1COCCN1c1ccncc1Br. The van der Waals surface area contributed by atoms with Crippen molar-refractivity contribution in [3.63, 3.8) is 0 Å². The zero-order chi connectivity index (χ0) is 13.0. The van der Waals surface area contributed by atoms with Crippen LogP contribution in [-0.4, -0.2) is 43.4 Å². The van der Waals surface area contributed by atoms with Crippen LogP contribution in [0.2, 0.25) is 0 Å². The normalized spacial score (nSPS) is 20.4. The Balaban J connectivity index is 2.10. The quantitative estimate of drug-likeness (QED) is 0.923. The van der Waals surface area contributed by atoms with Crippen LogP contribution >= 0.6 is 15.9 Å². The first kappa shape index (κ1) is 13.8. The van der Waals surface area contributed by atoms with Gasteiger partial charge < -0.3 is 15.0 Å². The molecule has 1 N–H and O–H groups in total. The maximum Gasteiger partial charge on any atom is 0.0683 e. The zero-order valence-electron chi connectivity index (χ0n) is 10.9. The molecule has 0 radical (unpaired) electrons. The predicted octanol–water partition coefficient (Wildman–Crippen LogP) is 2.05. The lowest BCUT2D eigenvalue weighted by Crippen LogP contribution is -2.51. The Morgan fingerprint density at radius 3 is 3.17 bits per heavy atom. The molecule has 1 aromatic heterocycles. The largest absolute Gasteiger partial charge is 0.377 e. The number of rotatable bonds is 4. The van der Waals surface area contributed by atoms with Crippen molar-refractivity contribution in [3.05, 3.63) is 22.9 Å². The Hall–Kier alpha value is -0.650. The van der Waals surface area contributed by atoms with Crippen LogP contribution in [0.3, 0.4) is 0 Å². The summed E-state index contributed by atoms with van der Waals surface area (Å²) in [6, 6.07) is 2.92. The lowest BCUT2D eigenvalue weighted by Gasteiger charge is -2.38. The number of nitrogens with zero attached hydrogens (tertiary/aromatic N) is 2. The van der Waals surface area contributed by atoms with Gasteiger partial charge in [-0.2, -0.15) is 0 Å². The minimum Gasteiger partial charge on any atom is -0.377 e. The molecule has 1 aliphatic heterocycles. The average Bonchev–Trinajstić information content (AvgIpc) is 2.37. The predicted molar refractivity (Wildman–Crippen MR) is 77.0 cm³/mol. The van der Waals surface area contributed by atoms with Crippen molar-refractivity contribution in [2.45, 2.75) is 25.9 Å². The van der Waals surface area contributed by atoms with E-state index >= 15 is 0 Å². The summed E-state index contributed by atoms with van der Waals surface area (Å²) in [5.41, 5.74) is 1.20. The molecule has 2 rings (SSSR count). The number of morpholine rings is 1. The second-order valence-electron chi connectivity index (χ2n) is 4.81. The fraction of sp³-hybridized carbons (Fsp3) is 0.615. The third kappa shape index (κ3) is 3.43. The van der Waals surface area contributed by atoms with Crippen LogP contribution in [0, 0.1) is 0 Å². The first-order valence-electron chi connectivity index (χ1n) is 6.35. The Bertz CT molecular complexity index is 386. The van der Waals surface area contributed by atoms with Gasteiger partial charge in [-0.3, -0.25) is 4.98 Å². The van der Waals surface area contributed by atoms with Crippen molar-refractivity contribution < 1.29 is 4.74 Å². The van der Waals surface area contributed by atoms with Gasteiger partial charge in [-0.25, -0.2) is 0 Å². The van der Waals surface area contributed by atoms with Crippen LogP contribution in [0.4, 0.5) is 5.69 Å². The molecule has 1 aromatic rings. The molecule has 2 heterocycles. The number of hydrogen-bond acceptors (Lipinski definition) is 4. The van der Waals surface area contributed by atoms with E-state index in [9.17, 15) is 0 Å². The van der Waals surface area contributed by atoms with Crippen LogP contribution in [0.25, 0.3) is 0 Å². The standard InChI is InChI=1S/C13H20BrN3O/c1-10(2)16-7-11-9-18-6-5-17(11)13-3-4-15-8-12(13)14/h3-4,8,10-11,16H,5-7,9H2,1-2H3. The minimum absolute atomic E-state index is 0.375. The lowest BCUT2D eigenvalue weighted by atomic mass is 10.2. The third-order valence-electron chi connectivity index (χ3n) is 3.05. The molecule has 1 saturated heterocycles. The Kier molecular flexibility index (Phi) is 4.97. The molecule has 1 fully saturated rings. The van der Waals surface area contributed by atoms with Crippen molar-refractivity contribution >= 4 is 21.6 Å². The summed E-state index contributed by atoms with van der Waals surface area (Å²) in [6.45, 7) is 7.74. The van der Waals surface area contributed by atoms with Crippen LogP contribution in [0.5, 0.6) is 0 Å². The van der Waals surface area contributed by atoms with E-state index in [1.807, 2.05) is 12.4 Å². The van der Waals surface area contributed by atoms with Crippen LogP contribution < -0.4 is 10.2 Å². The number of halogens is 1. The fourth-order valence-corrected chi connectivity index (χ4v) is 2.59. The fourth-order valence-electron chi connectivity index (χ4n) is 2.11. The number of nitrogens with one attached hydrogen (secondary N) is 1. The van der Waals surface area contributed by atoms with Gasteiger partial charge in [0.2, 0.25) is 0 Å². The molecule has 18 heavy (non-hydrogen) atoms. The molecule has 1 aliphatic rings. The number of hydrogen-bond donors (Lipinski definition) is 1. The molecular formula is C13H20BrN3O. The third-order valence-corrected chi connectivity index (χ3v) is 3.66. The Morgan fingerprint density at radius 2 is 2.44 bits per heavy atom. The first-order valence-corrected chi connectivity index (χ1v) is 7.15. The molecule has 5 heteroatoms. The van der Waals surface area contributed by atoms with Crippen LogP contribution in [0.15, 0.2) is 22.9 Å². The number of anilines is 1. The summed E-state index contributed by atoms with van der Waals surface area (Å²) in [4.78, 5) is 6.51. The van der Waals surface area contributed by atoms with Gasteiger partial charge in [0.05, 0.1) is 29.4 Å². The van der Waals surface area contributed by atoms with E-state index in [0.717, 1.165) is 30.8 Å². The molecular weight excluding hydrogens is 294 g/mol. The van der Waals surface area contributed by atoms with E-state index < -0.39 is 0 Å². The highest BCUT2D eigenvalue weighted by molar-refractivity contribution is 9.10.